The van der Waals surface area contributed by atoms with E-state index in [1.165, 1.54) is 29.6 Å². The second-order valence-electron chi connectivity index (χ2n) is 17.1. The molecule has 6 atom stereocenters. The molecule has 0 amide bonds. The Hall–Kier alpha value is -6.30. The molecule has 2 heterocycles. The number of oxime groups is 1. The van der Waals surface area contributed by atoms with Crippen LogP contribution in [0.4, 0.5) is 5.69 Å². The number of aromatic nitrogens is 1. The number of non-ortho nitro benzene ring substituents is 1. The van der Waals surface area contributed by atoms with Crippen molar-refractivity contribution in [3.8, 4) is 17.2 Å². The van der Waals surface area contributed by atoms with Crippen molar-refractivity contribution in [2.24, 2.45) is 22.9 Å². The molecule has 67 heavy (non-hydrogen) atoms. The maximum absolute atomic E-state index is 15.2. The summed E-state index contributed by atoms with van der Waals surface area (Å²) < 4.78 is 52.5. The van der Waals surface area contributed by atoms with Crippen molar-refractivity contribution in [1.82, 2.24) is 9.29 Å². The molecule has 1 saturated carbocycles. The zero-order chi connectivity index (χ0) is 47.1. The van der Waals surface area contributed by atoms with Gasteiger partial charge in [0.15, 0.2) is 0 Å². The lowest BCUT2D eigenvalue weighted by Gasteiger charge is -2.59. The first-order chi connectivity index (χ1) is 32.5. The molecular weight excluding hydrogens is 877 g/mol. The van der Waals surface area contributed by atoms with Gasteiger partial charge in [0.05, 0.1) is 34.7 Å². The van der Waals surface area contributed by atoms with Gasteiger partial charge in [-0.05, 0) is 103 Å². The van der Waals surface area contributed by atoms with Crippen LogP contribution in [-0.4, -0.2) is 83.5 Å². The predicted molar refractivity (Wildman–Crippen MR) is 251 cm³/mol. The number of nitro groups is 1. The van der Waals surface area contributed by atoms with Crippen molar-refractivity contribution in [2.45, 2.75) is 74.2 Å². The molecule has 1 aromatic heterocycles. The molecule has 0 saturated heterocycles. The number of hydrogen-bond donors (Lipinski definition) is 2. The van der Waals surface area contributed by atoms with E-state index in [0.29, 0.717) is 77.1 Å². The first-order valence-corrected chi connectivity index (χ1v) is 24.0. The number of unbranched alkanes of at least 4 members (excludes halogenated alkanes) is 2. The lowest BCUT2D eigenvalue weighted by Crippen LogP contribution is -2.69. The van der Waals surface area contributed by atoms with Gasteiger partial charge in [-0.1, -0.05) is 60.5 Å². The third kappa shape index (κ3) is 9.63. The number of carbonyl (C=O) groups is 1. The Balaban J connectivity index is 1.33. The molecule has 15 nitrogen and oxygen atoms in total. The van der Waals surface area contributed by atoms with E-state index in [4.69, 9.17) is 24.2 Å². The largest absolute Gasteiger partial charge is 0.460 e. The highest BCUT2D eigenvalue weighted by Crippen LogP contribution is 2.62. The fourth-order valence-electron chi connectivity index (χ4n) is 10.1. The number of nitro benzene ring substituents is 1. The summed E-state index contributed by atoms with van der Waals surface area (Å²) in [5, 5.41) is 36.8. The van der Waals surface area contributed by atoms with Gasteiger partial charge in [-0.3, -0.25) is 19.9 Å². The van der Waals surface area contributed by atoms with Gasteiger partial charge in [0.1, 0.15) is 35.0 Å². The Kier molecular flexibility index (Phi) is 14.6. The molecule has 0 unspecified atom stereocenters. The van der Waals surface area contributed by atoms with E-state index >= 15 is 8.42 Å². The van der Waals surface area contributed by atoms with Crippen LogP contribution in [-0.2, 0) is 26.2 Å². The predicted octanol–water partition coefficient (Wildman–Crippen LogP) is 8.90. The third-order valence-corrected chi connectivity index (χ3v) is 15.0. The Morgan fingerprint density at radius 3 is 2.46 bits per heavy atom. The summed E-state index contributed by atoms with van der Waals surface area (Å²) in [5.74, 6) is -1.55. The van der Waals surface area contributed by atoms with E-state index in [0.717, 1.165) is 23.8 Å². The second kappa shape index (κ2) is 20.7. The minimum Gasteiger partial charge on any atom is -0.460 e. The van der Waals surface area contributed by atoms with Gasteiger partial charge in [0, 0.05) is 67.4 Å². The number of sulfonamides is 1. The number of likely N-dealkylation sites (N-methyl/N-ethyl adjacent to an activating group) is 1. The van der Waals surface area contributed by atoms with E-state index in [9.17, 15) is 25.1 Å². The van der Waals surface area contributed by atoms with Crippen molar-refractivity contribution in [3.63, 3.8) is 0 Å². The number of benzene rings is 4. The number of para-hydroxylation sites is 1. The first-order valence-electron chi connectivity index (χ1n) is 22.5. The molecule has 5 aromatic rings. The lowest BCUT2D eigenvalue weighted by molar-refractivity contribution is -0.384. The van der Waals surface area contributed by atoms with Gasteiger partial charge >= 0.3 is 0 Å². The molecule has 16 heteroatoms. The highest BCUT2D eigenvalue weighted by atomic mass is 32.2. The summed E-state index contributed by atoms with van der Waals surface area (Å²) in [6.07, 6.45) is 10.1. The Morgan fingerprint density at radius 1 is 0.970 bits per heavy atom. The fourth-order valence-corrected chi connectivity index (χ4v) is 11.6. The summed E-state index contributed by atoms with van der Waals surface area (Å²) in [4.78, 5) is 33.2. The number of fused-ring (bicyclic) bond motifs is 3. The minimum absolute atomic E-state index is 0.00145. The number of aliphatic hydroxyl groups is 2. The summed E-state index contributed by atoms with van der Waals surface area (Å²) in [6, 6.07) is 25.9. The van der Waals surface area contributed by atoms with Gasteiger partial charge in [-0.15, -0.1) is 6.58 Å². The van der Waals surface area contributed by atoms with Gasteiger partial charge in [-0.2, -0.15) is 4.31 Å². The van der Waals surface area contributed by atoms with Crippen LogP contribution < -0.4 is 9.47 Å². The van der Waals surface area contributed by atoms with Crippen LogP contribution >= 0.6 is 0 Å². The zero-order valence-electron chi connectivity index (χ0n) is 37.2. The fraction of sp³-hybridized carbons (Fsp3) is 0.353. The van der Waals surface area contributed by atoms with E-state index in [2.05, 4.69) is 17.6 Å². The molecular formula is C51H54N4O11S. The molecule has 1 fully saturated rings. The van der Waals surface area contributed by atoms with Crippen molar-refractivity contribution in [3.05, 3.63) is 154 Å². The molecule has 4 aromatic carbocycles. The summed E-state index contributed by atoms with van der Waals surface area (Å²) in [5.41, 5.74) is 3.37. The van der Waals surface area contributed by atoms with Gasteiger partial charge in [-0.25, -0.2) is 8.42 Å². The number of aldehydes is 1. The van der Waals surface area contributed by atoms with Gasteiger partial charge in [0.2, 0.25) is 15.8 Å². The monoisotopic (exact) mass is 930 g/mol. The van der Waals surface area contributed by atoms with E-state index < -0.39 is 38.6 Å². The summed E-state index contributed by atoms with van der Waals surface area (Å²) in [7, 11) is -2.85. The van der Waals surface area contributed by atoms with E-state index in [1.54, 1.807) is 79.0 Å². The average Bonchev–Trinajstić information content (AvgIpc) is 3.34. The highest BCUT2D eigenvalue weighted by Gasteiger charge is 2.65. The number of aliphatic hydroxyl groups excluding tert-OH is 2. The Labute approximate surface area is 389 Å². The Morgan fingerprint density at radius 2 is 1.72 bits per heavy atom. The quantitative estimate of drug-likeness (QED) is 0.0233. The molecule has 8 rings (SSSR count). The number of carbonyl (C=O) groups excluding carboxylic acids is 1. The molecule has 2 aliphatic carbocycles. The molecule has 1 aliphatic heterocycles. The number of pyridine rings is 1. The molecule has 0 spiro atoms. The molecule has 2 N–H and O–H groups in total. The minimum atomic E-state index is -4.36. The maximum Gasteiger partial charge on any atom is 0.269 e. The van der Waals surface area contributed by atoms with Gasteiger partial charge in [0.25, 0.3) is 5.69 Å². The SMILES string of the molecule is C=CCO[C@@]12Oc3ccc(Oc4cccc(C=O)c4)cc3[C@H]3[C@H](CCCCO)[C@@H](CCCCO)C=C(C(=NOCc4ccc([N+](=O)[O-])cc4)C[C@@H]1N(C)S(=O)(=O)c1cccc4cccnc14)[C@H]32. The topological polar surface area (TPSA) is 200 Å². The number of hydrogen-bond acceptors (Lipinski definition) is 13. The molecule has 0 radical (unpaired) electrons. The van der Waals surface area contributed by atoms with Crippen LogP contribution in [0.2, 0.25) is 0 Å². The van der Waals surface area contributed by atoms with E-state index in [1.807, 2.05) is 12.1 Å². The Bertz CT molecular complexity index is 2780. The standard InChI is InChI=1S/C51H54N4O11S/c1-3-27-63-51-47(54(2)67(61,62)46-17-9-13-36-14-10-24-52-50(36)46)31-44(53-64-33-34-18-20-38(21-19-34)55(59)60)42-29-37(12-4-6-25-56)41(16-5-7-26-57)48(49(42)51)43-30-40(22-23-45(43)66-51)65-39-15-8-11-35(28-39)32-58/h3,8-11,13-15,17-24,28-30,32,37,41,47-49,56-57H,1,4-7,12,16,25-27,31,33H2,2H3/t37-,41+,47-,48+,49+,51+/m0/s1. The summed E-state index contributed by atoms with van der Waals surface area (Å²) >= 11 is 0. The lowest BCUT2D eigenvalue weighted by atomic mass is 9.55. The van der Waals surface area contributed by atoms with Crippen LogP contribution in [0, 0.1) is 27.9 Å². The van der Waals surface area contributed by atoms with Crippen LogP contribution in [0.3, 0.4) is 0 Å². The second-order valence-corrected chi connectivity index (χ2v) is 19.1. The van der Waals surface area contributed by atoms with Crippen LogP contribution in [0.1, 0.15) is 72.3 Å². The number of allylic oxidation sites excluding steroid dienone is 1. The number of rotatable bonds is 21. The van der Waals surface area contributed by atoms with Gasteiger partial charge < -0.3 is 29.3 Å². The smallest absolute Gasteiger partial charge is 0.269 e. The molecule has 350 valence electrons. The molecule has 3 aliphatic rings. The first kappa shape index (κ1) is 47.2. The third-order valence-electron chi connectivity index (χ3n) is 13.1. The maximum atomic E-state index is 15.2. The van der Waals surface area contributed by atoms with Crippen molar-refractivity contribution >= 4 is 38.6 Å². The zero-order valence-corrected chi connectivity index (χ0v) is 38.0. The van der Waals surface area contributed by atoms with Crippen LogP contribution in [0.15, 0.2) is 138 Å². The normalized spacial score (nSPS) is 22.6. The average molecular weight is 931 g/mol. The van der Waals surface area contributed by atoms with Crippen molar-refractivity contribution in [1.29, 1.82) is 0 Å². The summed E-state index contributed by atoms with van der Waals surface area (Å²) in [6.45, 7) is 3.99. The van der Waals surface area contributed by atoms with Crippen LogP contribution in [0.25, 0.3) is 10.9 Å². The number of ether oxygens (including phenoxy) is 3. The number of nitrogens with zero attached hydrogens (tertiary/aromatic N) is 4. The van der Waals surface area contributed by atoms with Crippen LogP contribution in [0.5, 0.6) is 17.2 Å². The van der Waals surface area contributed by atoms with Crippen molar-refractivity contribution in [2.75, 3.05) is 26.9 Å². The van der Waals surface area contributed by atoms with E-state index in [-0.39, 0.29) is 55.3 Å². The molecule has 0 bridgehead atoms. The highest BCUT2D eigenvalue weighted by molar-refractivity contribution is 7.89. The van der Waals surface area contributed by atoms with Crippen molar-refractivity contribution < 1.29 is 47.4 Å².